The van der Waals surface area contributed by atoms with Crippen LogP contribution in [0.5, 0.6) is 5.75 Å². The molecule has 180 valence electrons. The van der Waals surface area contributed by atoms with Crippen molar-refractivity contribution in [1.82, 2.24) is 5.32 Å². The first-order chi connectivity index (χ1) is 16.3. The number of benzene rings is 2. The molecule has 1 aliphatic rings. The minimum absolute atomic E-state index is 0.0111. The second kappa shape index (κ2) is 11.2. The SMILES string of the molecule is COc1cc(/C(F)=C/c2cccc(C3=CCCC=C3)c2C)c(C(F)(F)F)cc1CNCCN=O. The summed E-state index contributed by atoms with van der Waals surface area (Å²) in [6, 6.07) is 7.30. The standard InChI is InChI=1S/C26H26F4N2O2/c1-17-19(9-6-10-21(17)18-7-4-3-5-8-18)14-24(27)22-15-25(34-2)20(16-31-11-12-32-33)13-23(22)26(28,29)30/h4,6-10,13-15,31H,3,5,11-12,16H2,1-2H3/b24-14-. The van der Waals surface area contributed by atoms with Crippen molar-refractivity contribution in [2.75, 3.05) is 20.2 Å². The first-order valence-electron chi connectivity index (χ1n) is 10.9. The third-order valence-electron chi connectivity index (χ3n) is 5.64. The van der Waals surface area contributed by atoms with E-state index in [1.807, 2.05) is 19.1 Å². The van der Waals surface area contributed by atoms with Gasteiger partial charge in [0.05, 0.1) is 19.2 Å². The molecule has 4 nitrogen and oxygen atoms in total. The summed E-state index contributed by atoms with van der Waals surface area (Å²) in [5, 5.41) is 5.53. The summed E-state index contributed by atoms with van der Waals surface area (Å²) in [4.78, 5) is 10.2. The minimum atomic E-state index is -4.78. The molecule has 2 aromatic rings. The maximum absolute atomic E-state index is 15.4. The van der Waals surface area contributed by atoms with Crippen LogP contribution in [0.2, 0.25) is 0 Å². The highest BCUT2D eigenvalue weighted by atomic mass is 19.4. The molecular weight excluding hydrogens is 448 g/mol. The Balaban J connectivity index is 2.03. The van der Waals surface area contributed by atoms with E-state index in [0.717, 1.165) is 47.8 Å². The third-order valence-corrected chi connectivity index (χ3v) is 5.64. The van der Waals surface area contributed by atoms with Gasteiger partial charge in [-0.25, -0.2) is 4.39 Å². The Morgan fingerprint density at radius 3 is 2.68 bits per heavy atom. The smallest absolute Gasteiger partial charge is 0.417 e. The van der Waals surface area contributed by atoms with Crippen molar-refractivity contribution in [3.8, 4) is 5.75 Å². The summed E-state index contributed by atoms with van der Waals surface area (Å²) in [6.07, 6.45) is 4.37. The van der Waals surface area contributed by atoms with Crippen LogP contribution in [0.3, 0.4) is 0 Å². The first-order valence-corrected chi connectivity index (χ1v) is 10.9. The molecule has 0 bridgehead atoms. The van der Waals surface area contributed by atoms with E-state index in [0.29, 0.717) is 5.56 Å². The quantitative estimate of drug-likeness (QED) is 0.183. The molecule has 0 atom stereocenters. The number of hydrogen-bond acceptors (Lipinski definition) is 4. The molecule has 1 aliphatic carbocycles. The van der Waals surface area contributed by atoms with Crippen LogP contribution in [-0.2, 0) is 12.7 Å². The lowest BCUT2D eigenvalue weighted by molar-refractivity contribution is -0.137. The van der Waals surface area contributed by atoms with Gasteiger partial charge in [-0.3, -0.25) is 0 Å². The molecule has 34 heavy (non-hydrogen) atoms. The van der Waals surface area contributed by atoms with E-state index in [1.165, 1.54) is 7.11 Å². The molecule has 0 unspecified atom stereocenters. The zero-order valence-electron chi connectivity index (χ0n) is 19.0. The largest absolute Gasteiger partial charge is 0.496 e. The average molecular weight is 474 g/mol. The molecular formula is C26H26F4N2O2. The lowest BCUT2D eigenvalue weighted by Gasteiger charge is -2.18. The van der Waals surface area contributed by atoms with Crippen LogP contribution in [0.15, 0.2) is 53.7 Å². The maximum Gasteiger partial charge on any atom is 0.417 e. The Bertz CT molecular complexity index is 1130. The predicted molar refractivity (Wildman–Crippen MR) is 127 cm³/mol. The maximum atomic E-state index is 15.4. The van der Waals surface area contributed by atoms with Crippen LogP contribution in [-0.4, -0.2) is 20.2 Å². The third kappa shape index (κ3) is 5.99. The van der Waals surface area contributed by atoms with Crippen molar-refractivity contribution in [1.29, 1.82) is 0 Å². The Kier molecular flexibility index (Phi) is 8.39. The van der Waals surface area contributed by atoms with Gasteiger partial charge in [-0.05, 0) is 60.2 Å². The topological polar surface area (TPSA) is 50.7 Å². The van der Waals surface area contributed by atoms with Gasteiger partial charge < -0.3 is 10.1 Å². The Hall–Kier alpha value is -3.26. The summed E-state index contributed by atoms with van der Waals surface area (Å²) in [5.74, 6) is -0.898. The van der Waals surface area contributed by atoms with Gasteiger partial charge in [-0.2, -0.15) is 18.1 Å². The molecule has 0 fully saturated rings. The number of ether oxygens (including phenoxy) is 1. The van der Waals surface area contributed by atoms with Crippen molar-refractivity contribution >= 4 is 17.5 Å². The van der Waals surface area contributed by atoms with Gasteiger partial charge in [0.1, 0.15) is 11.6 Å². The van der Waals surface area contributed by atoms with E-state index in [2.05, 4.69) is 22.6 Å². The molecule has 0 saturated carbocycles. The molecule has 0 spiro atoms. The normalized spacial score (nSPS) is 14.2. The number of hydrogen-bond donors (Lipinski definition) is 1. The average Bonchev–Trinajstić information content (AvgIpc) is 2.82. The number of allylic oxidation sites excluding steroid dienone is 4. The molecule has 0 radical (unpaired) electrons. The van der Waals surface area contributed by atoms with Gasteiger partial charge >= 0.3 is 6.18 Å². The van der Waals surface area contributed by atoms with Gasteiger partial charge in [0.15, 0.2) is 0 Å². The van der Waals surface area contributed by atoms with Crippen LogP contribution in [0.1, 0.15) is 46.2 Å². The van der Waals surface area contributed by atoms with Gasteiger partial charge in [-0.15, -0.1) is 0 Å². The van der Waals surface area contributed by atoms with Crippen molar-refractivity contribution in [3.05, 3.63) is 86.8 Å². The number of rotatable bonds is 9. The van der Waals surface area contributed by atoms with E-state index >= 15 is 4.39 Å². The Labute approximate surface area is 196 Å². The van der Waals surface area contributed by atoms with Crippen LogP contribution in [0.4, 0.5) is 17.6 Å². The second-order valence-corrected chi connectivity index (χ2v) is 7.89. The van der Waals surface area contributed by atoms with E-state index in [1.54, 1.807) is 12.1 Å². The van der Waals surface area contributed by atoms with Crippen molar-refractivity contribution in [2.45, 2.75) is 32.5 Å². The highest BCUT2D eigenvalue weighted by molar-refractivity contribution is 5.84. The van der Waals surface area contributed by atoms with Gasteiger partial charge in [0.2, 0.25) is 0 Å². The minimum Gasteiger partial charge on any atom is -0.496 e. The van der Waals surface area contributed by atoms with Gasteiger partial charge in [0.25, 0.3) is 0 Å². The molecule has 1 N–H and O–H groups in total. The predicted octanol–water partition coefficient (Wildman–Crippen LogP) is 7.08. The van der Waals surface area contributed by atoms with Crippen molar-refractivity contribution < 1.29 is 22.3 Å². The number of nitrogens with zero attached hydrogens (tertiary/aromatic N) is 1. The van der Waals surface area contributed by atoms with Crippen LogP contribution in [0.25, 0.3) is 17.5 Å². The van der Waals surface area contributed by atoms with Crippen molar-refractivity contribution in [2.24, 2.45) is 5.18 Å². The molecule has 3 rings (SSSR count). The van der Waals surface area contributed by atoms with E-state index in [9.17, 15) is 18.1 Å². The fraction of sp³-hybridized carbons (Fsp3) is 0.308. The number of nitroso groups, excluding NO2 is 1. The molecule has 2 aromatic carbocycles. The van der Waals surface area contributed by atoms with E-state index < -0.39 is 23.1 Å². The zero-order chi connectivity index (χ0) is 24.7. The number of alkyl halides is 3. The van der Waals surface area contributed by atoms with Crippen LogP contribution >= 0.6 is 0 Å². The monoisotopic (exact) mass is 474 g/mol. The Morgan fingerprint density at radius 2 is 2.03 bits per heavy atom. The first kappa shape index (κ1) is 25.4. The molecule has 0 saturated heterocycles. The molecule has 8 heteroatoms. The molecule has 0 amide bonds. The molecule has 0 aromatic heterocycles. The van der Waals surface area contributed by atoms with Crippen LogP contribution in [0, 0.1) is 11.8 Å². The summed E-state index contributed by atoms with van der Waals surface area (Å²) in [7, 11) is 1.31. The fourth-order valence-electron chi connectivity index (χ4n) is 3.88. The van der Waals surface area contributed by atoms with Gasteiger partial charge in [-0.1, -0.05) is 41.6 Å². The van der Waals surface area contributed by atoms with E-state index in [-0.39, 0.29) is 30.9 Å². The van der Waals surface area contributed by atoms with E-state index in [4.69, 9.17) is 4.74 Å². The number of halogens is 4. The Morgan fingerprint density at radius 1 is 1.24 bits per heavy atom. The van der Waals surface area contributed by atoms with Gasteiger partial charge in [0, 0.05) is 24.2 Å². The summed E-state index contributed by atoms with van der Waals surface area (Å²) in [6.45, 7) is 2.02. The highest BCUT2D eigenvalue weighted by Gasteiger charge is 2.35. The zero-order valence-corrected chi connectivity index (χ0v) is 19.0. The summed E-state index contributed by atoms with van der Waals surface area (Å²) in [5.41, 5.74) is 1.71. The number of nitrogens with one attached hydrogen (secondary N) is 1. The summed E-state index contributed by atoms with van der Waals surface area (Å²) < 4.78 is 62.2. The fourth-order valence-corrected chi connectivity index (χ4v) is 3.88. The lowest BCUT2D eigenvalue weighted by Crippen LogP contribution is -2.18. The lowest BCUT2D eigenvalue weighted by atomic mass is 9.92. The molecule has 0 aliphatic heterocycles. The highest BCUT2D eigenvalue weighted by Crippen LogP contribution is 2.40. The number of methoxy groups -OCH3 is 1. The van der Waals surface area contributed by atoms with Crippen LogP contribution < -0.4 is 10.1 Å². The van der Waals surface area contributed by atoms with Crippen molar-refractivity contribution in [3.63, 3.8) is 0 Å². The summed E-state index contributed by atoms with van der Waals surface area (Å²) >= 11 is 0. The molecule has 0 heterocycles. The second-order valence-electron chi connectivity index (χ2n) is 7.89.